The van der Waals surface area contributed by atoms with Crippen molar-refractivity contribution in [3.8, 4) is 17.0 Å². The van der Waals surface area contributed by atoms with Crippen molar-refractivity contribution in [3.05, 3.63) is 81.5 Å². The van der Waals surface area contributed by atoms with Crippen LogP contribution in [0.3, 0.4) is 0 Å². The molecule has 0 saturated heterocycles. The zero-order chi connectivity index (χ0) is 20.7. The highest BCUT2D eigenvalue weighted by molar-refractivity contribution is 9.10. The summed E-state index contributed by atoms with van der Waals surface area (Å²) < 4.78 is 0.802. The van der Waals surface area contributed by atoms with Crippen LogP contribution in [0.2, 0.25) is 0 Å². The maximum atomic E-state index is 12.4. The Hall–Kier alpha value is -3.45. The average Bonchev–Trinajstić information content (AvgIpc) is 3.40. The summed E-state index contributed by atoms with van der Waals surface area (Å²) in [6, 6.07) is 17.3. The number of nitrogens with one attached hydrogen (secondary N) is 2. The first kappa shape index (κ1) is 18.6. The number of hydrogen-bond donors (Lipinski definition) is 3. The molecular formula is C23H17BrN4O2. The van der Waals surface area contributed by atoms with Gasteiger partial charge < -0.3 is 5.11 Å². The molecule has 1 amide bonds. The molecule has 0 saturated carbocycles. The van der Waals surface area contributed by atoms with Crippen LogP contribution in [0.25, 0.3) is 22.0 Å². The van der Waals surface area contributed by atoms with Gasteiger partial charge in [0.15, 0.2) is 0 Å². The summed E-state index contributed by atoms with van der Waals surface area (Å²) in [5, 5.41) is 23.4. The van der Waals surface area contributed by atoms with Gasteiger partial charge in [-0.2, -0.15) is 10.2 Å². The van der Waals surface area contributed by atoms with E-state index in [1.165, 1.54) is 22.7 Å². The third kappa shape index (κ3) is 3.27. The predicted molar refractivity (Wildman–Crippen MR) is 120 cm³/mol. The number of carbonyl (C=O) groups excluding carboxylic acids is 1. The monoisotopic (exact) mass is 460 g/mol. The van der Waals surface area contributed by atoms with Gasteiger partial charge in [-0.1, -0.05) is 46.3 Å². The van der Waals surface area contributed by atoms with Gasteiger partial charge in [-0.15, -0.1) is 0 Å². The van der Waals surface area contributed by atoms with E-state index < -0.39 is 5.91 Å². The number of hydrogen-bond acceptors (Lipinski definition) is 4. The largest absolute Gasteiger partial charge is 0.507 e. The minimum atomic E-state index is -0.412. The van der Waals surface area contributed by atoms with Crippen molar-refractivity contribution in [2.75, 3.05) is 0 Å². The van der Waals surface area contributed by atoms with Gasteiger partial charge in [0.2, 0.25) is 0 Å². The Morgan fingerprint density at radius 1 is 1.13 bits per heavy atom. The molecule has 148 valence electrons. The molecule has 30 heavy (non-hydrogen) atoms. The molecule has 0 radical (unpaired) electrons. The van der Waals surface area contributed by atoms with E-state index >= 15 is 0 Å². The van der Waals surface area contributed by atoms with Crippen LogP contribution in [0, 0.1) is 0 Å². The van der Waals surface area contributed by atoms with Gasteiger partial charge in [-0.3, -0.25) is 9.89 Å². The van der Waals surface area contributed by atoms with Crippen LogP contribution >= 0.6 is 15.9 Å². The number of phenols is 1. The van der Waals surface area contributed by atoms with Crippen molar-refractivity contribution in [1.82, 2.24) is 15.6 Å². The van der Waals surface area contributed by atoms with Crippen LogP contribution in [-0.4, -0.2) is 27.4 Å². The van der Waals surface area contributed by atoms with Gasteiger partial charge >= 0.3 is 0 Å². The molecule has 0 spiro atoms. The topological polar surface area (TPSA) is 90.4 Å². The second kappa shape index (κ2) is 7.42. The Bertz CT molecular complexity index is 1320. The molecule has 0 atom stereocenters. The standard InChI is InChI=1S/C23H17BrN4O2/c24-16-7-9-21(29)15(10-16)12-25-28-23(30)20-11-19(26-27-20)17-8-6-14-5-4-13-2-1-3-18(17)22(13)14/h1-3,6-12,29H,4-5H2,(H,26,27)(H,28,30)/b25-12+. The Balaban J connectivity index is 1.39. The normalized spacial score (nSPS) is 12.7. The number of amides is 1. The number of carbonyl (C=O) groups is 1. The maximum absolute atomic E-state index is 12.4. The fourth-order valence-corrected chi connectivity index (χ4v) is 4.27. The first-order chi connectivity index (χ1) is 14.6. The lowest BCUT2D eigenvalue weighted by Crippen LogP contribution is -2.18. The Kier molecular flexibility index (Phi) is 4.59. The SMILES string of the molecule is O=C(N/N=C/c1cc(Br)ccc1O)c1cc(-c2ccc3c4c(cccc24)CC3)n[nH]1. The lowest BCUT2D eigenvalue weighted by atomic mass is 9.98. The summed E-state index contributed by atoms with van der Waals surface area (Å²) in [6.07, 6.45) is 3.52. The minimum Gasteiger partial charge on any atom is -0.507 e. The van der Waals surface area contributed by atoms with Gasteiger partial charge in [0, 0.05) is 15.6 Å². The Labute approximate surface area is 180 Å². The van der Waals surface area contributed by atoms with Crippen LogP contribution in [0.4, 0.5) is 0 Å². The molecule has 1 aromatic heterocycles. The summed E-state index contributed by atoms with van der Waals surface area (Å²) in [7, 11) is 0. The number of hydrazone groups is 1. The first-order valence-electron chi connectivity index (χ1n) is 9.51. The van der Waals surface area contributed by atoms with E-state index in [-0.39, 0.29) is 5.75 Å². The van der Waals surface area contributed by atoms with Crippen molar-refractivity contribution < 1.29 is 9.90 Å². The van der Waals surface area contributed by atoms with Crippen LogP contribution in [0.5, 0.6) is 5.75 Å². The molecule has 4 aromatic rings. The number of halogens is 1. The van der Waals surface area contributed by atoms with E-state index in [1.54, 1.807) is 24.3 Å². The molecule has 3 N–H and O–H groups in total. The molecule has 0 unspecified atom stereocenters. The lowest BCUT2D eigenvalue weighted by molar-refractivity contribution is 0.0950. The smallest absolute Gasteiger partial charge is 0.289 e. The number of aromatic hydroxyl groups is 1. The fraction of sp³-hybridized carbons (Fsp3) is 0.0870. The van der Waals surface area contributed by atoms with Crippen LogP contribution in [-0.2, 0) is 12.8 Å². The van der Waals surface area contributed by atoms with E-state index in [9.17, 15) is 9.90 Å². The van der Waals surface area contributed by atoms with Gasteiger partial charge in [0.25, 0.3) is 5.91 Å². The minimum absolute atomic E-state index is 0.0760. The van der Waals surface area contributed by atoms with Crippen molar-refractivity contribution in [3.63, 3.8) is 0 Å². The maximum Gasteiger partial charge on any atom is 0.289 e. The molecule has 1 heterocycles. The van der Waals surface area contributed by atoms with E-state index in [0.29, 0.717) is 17.0 Å². The molecular weight excluding hydrogens is 444 g/mol. The fourth-order valence-electron chi connectivity index (χ4n) is 3.90. The van der Waals surface area contributed by atoms with Crippen molar-refractivity contribution in [1.29, 1.82) is 0 Å². The molecule has 1 aliphatic carbocycles. The second-order valence-corrected chi connectivity index (χ2v) is 8.10. The number of nitrogens with zero attached hydrogens (tertiary/aromatic N) is 2. The zero-order valence-electron chi connectivity index (χ0n) is 15.8. The predicted octanol–water partition coefficient (Wildman–Crippen LogP) is 4.56. The Morgan fingerprint density at radius 3 is 2.83 bits per heavy atom. The summed E-state index contributed by atoms with van der Waals surface area (Å²) >= 11 is 3.34. The molecule has 0 fully saturated rings. The second-order valence-electron chi connectivity index (χ2n) is 7.18. The molecule has 5 rings (SSSR count). The third-order valence-electron chi connectivity index (χ3n) is 5.33. The van der Waals surface area contributed by atoms with Crippen LogP contribution in [0.1, 0.15) is 27.2 Å². The molecule has 3 aromatic carbocycles. The molecule has 0 bridgehead atoms. The third-order valence-corrected chi connectivity index (χ3v) is 5.83. The van der Waals surface area contributed by atoms with Crippen molar-refractivity contribution >= 4 is 38.8 Å². The van der Waals surface area contributed by atoms with Crippen LogP contribution < -0.4 is 5.43 Å². The summed E-state index contributed by atoms with van der Waals surface area (Å²) in [4.78, 5) is 12.4. The number of H-pyrrole nitrogens is 1. The molecule has 0 aliphatic heterocycles. The van der Waals surface area contributed by atoms with Crippen LogP contribution in [0.15, 0.2) is 64.2 Å². The molecule has 7 heteroatoms. The quantitative estimate of drug-likeness (QED) is 0.308. The summed E-state index contributed by atoms with van der Waals surface area (Å²) in [5.74, 6) is -0.336. The van der Waals surface area contributed by atoms with Crippen molar-refractivity contribution in [2.45, 2.75) is 12.8 Å². The highest BCUT2D eigenvalue weighted by atomic mass is 79.9. The van der Waals surface area contributed by atoms with Gasteiger partial charge in [-0.25, -0.2) is 5.43 Å². The zero-order valence-corrected chi connectivity index (χ0v) is 17.4. The van der Waals surface area contributed by atoms with E-state index in [2.05, 4.69) is 67.0 Å². The number of phenolic OH excluding ortho intramolecular Hbond substituents is 1. The highest BCUT2D eigenvalue weighted by Crippen LogP contribution is 2.36. The highest BCUT2D eigenvalue weighted by Gasteiger charge is 2.18. The average molecular weight is 461 g/mol. The van der Waals surface area contributed by atoms with E-state index in [1.807, 2.05) is 0 Å². The number of aromatic amines is 1. The van der Waals surface area contributed by atoms with Crippen molar-refractivity contribution in [2.24, 2.45) is 5.10 Å². The first-order valence-corrected chi connectivity index (χ1v) is 10.3. The number of benzene rings is 3. The lowest BCUT2D eigenvalue weighted by Gasteiger charge is -2.06. The summed E-state index contributed by atoms with van der Waals surface area (Å²) in [6.45, 7) is 0. The van der Waals surface area contributed by atoms with E-state index in [0.717, 1.165) is 28.3 Å². The molecule has 6 nitrogen and oxygen atoms in total. The van der Waals surface area contributed by atoms with Gasteiger partial charge in [-0.05, 0) is 59.0 Å². The van der Waals surface area contributed by atoms with Gasteiger partial charge in [0.05, 0.1) is 11.9 Å². The van der Waals surface area contributed by atoms with E-state index in [4.69, 9.17) is 0 Å². The number of aryl methyl sites for hydroxylation is 2. The summed E-state index contributed by atoms with van der Waals surface area (Å²) in [5.41, 5.74) is 7.69. The molecule has 1 aliphatic rings. The van der Waals surface area contributed by atoms with Gasteiger partial charge in [0.1, 0.15) is 11.4 Å². The number of aromatic nitrogens is 2. The Morgan fingerprint density at radius 2 is 1.97 bits per heavy atom. The number of rotatable bonds is 4.